The maximum Gasteiger partial charge on any atom is 0.263 e. The Bertz CT molecular complexity index is 883. The number of anilines is 1. The molecule has 6 nitrogen and oxygen atoms in total. The molecule has 0 atom stereocenters. The zero-order valence-electron chi connectivity index (χ0n) is 15.4. The molecule has 0 saturated carbocycles. The molecule has 1 saturated heterocycles. The van der Waals surface area contributed by atoms with Gasteiger partial charge in [0.05, 0.1) is 5.69 Å². The molecular weight excluding hydrogens is 326 g/mol. The molecule has 1 aliphatic rings. The van der Waals surface area contributed by atoms with Crippen molar-refractivity contribution in [3.63, 3.8) is 0 Å². The average molecular weight is 351 g/mol. The van der Waals surface area contributed by atoms with Crippen LogP contribution in [-0.2, 0) is 6.54 Å². The van der Waals surface area contributed by atoms with Crippen LogP contribution < -0.4 is 5.32 Å². The fourth-order valence-corrected chi connectivity index (χ4v) is 3.67. The van der Waals surface area contributed by atoms with Crippen molar-refractivity contribution in [1.29, 1.82) is 0 Å². The second kappa shape index (κ2) is 7.41. The maximum absolute atomic E-state index is 5.21. The summed E-state index contributed by atoms with van der Waals surface area (Å²) in [5.41, 5.74) is 4.20. The summed E-state index contributed by atoms with van der Waals surface area (Å²) in [7, 11) is 0. The third-order valence-electron chi connectivity index (χ3n) is 5.36. The molecule has 0 spiro atoms. The number of nitrogens with one attached hydrogen (secondary N) is 1. The van der Waals surface area contributed by atoms with Gasteiger partial charge in [-0.3, -0.25) is 4.90 Å². The van der Waals surface area contributed by atoms with Crippen LogP contribution in [-0.4, -0.2) is 39.7 Å². The van der Waals surface area contributed by atoms with Crippen LogP contribution in [0.15, 0.2) is 35.1 Å². The molecule has 0 bridgehead atoms. The molecule has 26 heavy (non-hydrogen) atoms. The van der Waals surface area contributed by atoms with E-state index in [1.165, 1.54) is 30.3 Å². The molecule has 3 heterocycles. The highest BCUT2D eigenvalue weighted by molar-refractivity contribution is 5.87. The minimum atomic E-state index is 0.549. The van der Waals surface area contributed by atoms with E-state index in [-0.39, 0.29) is 0 Å². The Morgan fingerprint density at radius 3 is 2.77 bits per heavy atom. The minimum Gasteiger partial charge on any atom is -0.369 e. The lowest BCUT2D eigenvalue weighted by Gasteiger charge is -2.32. The average Bonchev–Trinajstić information content (AvgIpc) is 3.05. The summed E-state index contributed by atoms with van der Waals surface area (Å²) < 4.78 is 5.21. The van der Waals surface area contributed by atoms with Gasteiger partial charge in [0.1, 0.15) is 17.5 Å². The molecule has 0 amide bonds. The quantitative estimate of drug-likeness (QED) is 0.758. The van der Waals surface area contributed by atoms with E-state index >= 15 is 0 Å². The van der Waals surface area contributed by atoms with Crippen LogP contribution in [0.25, 0.3) is 11.1 Å². The molecular formula is C20H25N5O. The first kappa shape index (κ1) is 17.0. The number of likely N-dealkylation sites (tertiary alicyclic amines) is 1. The second-order valence-electron chi connectivity index (χ2n) is 7.20. The monoisotopic (exact) mass is 351 g/mol. The van der Waals surface area contributed by atoms with Crippen molar-refractivity contribution < 1.29 is 4.52 Å². The van der Waals surface area contributed by atoms with Gasteiger partial charge in [-0.15, -0.1) is 0 Å². The molecule has 0 aliphatic carbocycles. The van der Waals surface area contributed by atoms with E-state index in [4.69, 9.17) is 4.52 Å². The summed E-state index contributed by atoms with van der Waals surface area (Å²) in [6, 6.07) is 8.68. The smallest absolute Gasteiger partial charge is 0.263 e. The molecule has 1 aromatic carbocycles. The first-order valence-electron chi connectivity index (χ1n) is 9.28. The van der Waals surface area contributed by atoms with Gasteiger partial charge in [-0.05, 0) is 56.8 Å². The largest absolute Gasteiger partial charge is 0.369 e. The zero-order chi connectivity index (χ0) is 17.9. The molecule has 6 heteroatoms. The van der Waals surface area contributed by atoms with Crippen molar-refractivity contribution in [2.24, 2.45) is 5.92 Å². The van der Waals surface area contributed by atoms with Crippen LogP contribution in [0.5, 0.6) is 0 Å². The van der Waals surface area contributed by atoms with Crippen molar-refractivity contribution in [2.45, 2.75) is 33.2 Å². The van der Waals surface area contributed by atoms with Gasteiger partial charge >= 0.3 is 0 Å². The highest BCUT2D eigenvalue weighted by atomic mass is 16.5. The fraction of sp³-hybridized carbons (Fsp3) is 0.450. The highest BCUT2D eigenvalue weighted by Gasteiger charge is 2.20. The molecule has 1 N–H and O–H groups in total. The van der Waals surface area contributed by atoms with E-state index in [0.717, 1.165) is 43.1 Å². The Balaban J connectivity index is 1.31. The summed E-state index contributed by atoms with van der Waals surface area (Å²) in [6.45, 7) is 8.39. The second-order valence-corrected chi connectivity index (χ2v) is 7.20. The van der Waals surface area contributed by atoms with Gasteiger partial charge in [0, 0.05) is 13.1 Å². The Morgan fingerprint density at radius 2 is 1.96 bits per heavy atom. The first-order valence-corrected chi connectivity index (χ1v) is 9.28. The lowest BCUT2D eigenvalue weighted by molar-refractivity contribution is 0.182. The van der Waals surface area contributed by atoms with Gasteiger partial charge in [-0.25, -0.2) is 4.98 Å². The Labute approximate surface area is 153 Å². The van der Waals surface area contributed by atoms with Crippen LogP contribution in [0, 0.1) is 19.8 Å². The van der Waals surface area contributed by atoms with Crippen LogP contribution in [0.3, 0.4) is 0 Å². The molecule has 0 radical (unpaired) electrons. The Morgan fingerprint density at radius 1 is 1.15 bits per heavy atom. The van der Waals surface area contributed by atoms with Gasteiger partial charge in [0.25, 0.3) is 5.71 Å². The number of aryl methyl sites for hydroxylation is 2. The molecule has 136 valence electrons. The predicted molar refractivity (Wildman–Crippen MR) is 102 cm³/mol. The molecule has 3 aromatic rings. The fourth-order valence-electron chi connectivity index (χ4n) is 3.67. The number of nitrogens with zero attached hydrogens (tertiary/aromatic N) is 4. The van der Waals surface area contributed by atoms with Gasteiger partial charge in [0.2, 0.25) is 0 Å². The number of benzene rings is 1. The van der Waals surface area contributed by atoms with Crippen molar-refractivity contribution >= 4 is 16.9 Å². The van der Waals surface area contributed by atoms with Crippen molar-refractivity contribution in [1.82, 2.24) is 20.0 Å². The summed E-state index contributed by atoms with van der Waals surface area (Å²) in [5, 5.41) is 8.37. The summed E-state index contributed by atoms with van der Waals surface area (Å²) in [6.07, 6.45) is 3.94. The van der Waals surface area contributed by atoms with Crippen molar-refractivity contribution in [2.75, 3.05) is 25.0 Å². The predicted octanol–water partition coefficient (Wildman–Crippen LogP) is 3.56. The number of rotatable bonds is 5. The molecule has 0 unspecified atom stereocenters. The Kier molecular flexibility index (Phi) is 4.84. The number of hydrogen-bond acceptors (Lipinski definition) is 6. The summed E-state index contributed by atoms with van der Waals surface area (Å²) in [5.74, 6) is 1.49. The van der Waals surface area contributed by atoms with Crippen LogP contribution in [0.2, 0.25) is 0 Å². The third-order valence-corrected chi connectivity index (χ3v) is 5.36. The molecule has 4 rings (SSSR count). The van der Waals surface area contributed by atoms with E-state index in [0.29, 0.717) is 11.6 Å². The van der Waals surface area contributed by atoms with Gasteiger partial charge in [0.15, 0.2) is 0 Å². The van der Waals surface area contributed by atoms with E-state index in [1.807, 2.05) is 6.92 Å². The van der Waals surface area contributed by atoms with Gasteiger partial charge in [-0.1, -0.05) is 29.4 Å². The van der Waals surface area contributed by atoms with Gasteiger partial charge in [-0.2, -0.15) is 4.98 Å². The van der Waals surface area contributed by atoms with E-state index in [2.05, 4.69) is 56.5 Å². The molecule has 2 aromatic heterocycles. The van der Waals surface area contributed by atoms with E-state index in [9.17, 15) is 0 Å². The summed E-state index contributed by atoms with van der Waals surface area (Å²) >= 11 is 0. The first-order chi connectivity index (χ1) is 12.7. The number of fused-ring (bicyclic) bond motifs is 1. The standard InChI is InChI=1S/C20H25N5O/c1-14-5-3-4-6-17(14)12-25-9-7-16(8-10-25)11-21-19-18-15(2)24-26-20(18)23-13-22-19/h3-6,13,16H,7-12H2,1-2H3,(H,21,22,23). The third kappa shape index (κ3) is 3.55. The normalized spacial score (nSPS) is 16.2. The minimum absolute atomic E-state index is 0.549. The highest BCUT2D eigenvalue weighted by Crippen LogP contribution is 2.24. The molecule has 1 aliphatic heterocycles. The van der Waals surface area contributed by atoms with Crippen molar-refractivity contribution in [3.8, 4) is 0 Å². The lowest BCUT2D eigenvalue weighted by atomic mass is 9.96. The lowest BCUT2D eigenvalue weighted by Crippen LogP contribution is -2.35. The van der Waals surface area contributed by atoms with Crippen molar-refractivity contribution in [3.05, 3.63) is 47.4 Å². The number of piperidine rings is 1. The van der Waals surface area contributed by atoms with Crippen LogP contribution in [0.1, 0.15) is 29.7 Å². The van der Waals surface area contributed by atoms with E-state index < -0.39 is 0 Å². The zero-order valence-corrected chi connectivity index (χ0v) is 15.4. The number of aromatic nitrogens is 3. The number of hydrogen-bond donors (Lipinski definition) is 1. The molecule has 1 fully saturated rings. The maximum atomic E-state index is 5.21. The van der Waals surface area contributed by atoms with Crippen LogP contribution >= 0.6 is 0 Å². The topological polar surface area (TPSA) is 67.1 Å². The SMILES string of the molecule is Cc1ccccc1CN1CCC(CNc2ncnc3onc(C)c23)CC1. The van der Waals surface area contributed by atoms with Gasteiger partial charge < -0.3 is 9.84 Å². The Hall–Kier alpha value is -2.47. The van der Waals surface area contributed by atoms with E-state index in [1.54, 1.807) is 0 Å². The van der Waals surface area contributed by atoms with Crippen LogP contribution in [0.4, 0.5) is 5.82 Å². The summed E-state index contributed by atoms with van der Waals surface area (Å²) in [4.78, 5) is 11.1.